The minimum Gasteiger partial charge on any atom is -0.392 e. The van der Waals surface area contributed by atoms with E-state index in [1.54, 1.807) is 6.92 Å². The van der Waals surface area contributed by atoms with E-state index in [0.717, 1.165) is 24.1 Å². The molecule has 0 amide bonds. The minimum absolute atomic E-state index is 0.129. The molecule has 0 aliphatic rings. The molecule has 9 nitrogen and oxygen atoms in total. The molecule has 28 heavy (non-hydrogen) atoms. The van der Waals surface area contributed by atoms with Crippen LogP contribution in [0.5, 0.6) is 0 Å². The quantitative estimate of drug-likeness (QED) is 0.421. The molecule has 1 unspecified atom stereocenters. The number of aliphatic hydroxyl groups excluding tert-OH is 1. The van der Waals surface area contributed by atoms with Gasteiger partial charge in [0.15, 0.2) is 11.2 Å². The summed E-state index contributed by atoms with van der Waals surface area (Å²) in [5.41, 5.74) is 4.09. The maximum atomic E-state index is 12.4. The predicted octanol–water partition coefficient (Wildman–Crippen LogP) is 1.42. The molecule has 2 aromatic heterocycles. The van der Waals surface area contributed by atoms with E-state index in [2.05, 4.69) is 27.4 Å². The van der Waals surface area contributed by atoms with Crippen molar-refractivity contribution in [1.82, 2.24) is 19.1 Å². The number of aromatic nitrogens is 4. The third-order valence-corrected chi connectivity index (χ3v) is 4.34. The summed E-state index contributed by atoms with van der Waals surface area (Å²) in [5, 5.41) is 14.4. The van der Waals surface area contributed by atoms with Gasteiger partial charge in [-0.2, -0.15) is 10.1 Å². The summed E-state index contributed by atoms with van der Waals surface area (Å²) in [7, 11) is 1.53. The molecule has 2 heterocycles. The number of nitrogens with zero attached hydrogens (tertiary/aromatic N) is 4. The fourth-order valence-electron chi connectivity index (χ4n) is 3.01. The van der Waals surface area contributed by atoms with Gasteiger partial charge >= 0.3 is 5.69 Å². The molecule has 9 heteroatoms. The van der Waals surface area contributed by atoms with Crippen molar-refractivity contribution >= 4 is 22.8 Å². The molecule has 0 aliphatic heterocycles. The Balaban J connectivity index is 2.11. The lowest BCUT2D eigenvalue weighted by Gasteiger charge is -2.11. The standard InChI is InChI=1S/C19H24N6O3/c1-4-8-14(13-9-6-5-7-10-13)22-23-18-20-16-15(25(18)11-12(2)26)17(27)21-19(28)24(16)3/h5-7,9-10,12,26H,4,8,11H2,1-3H3,(H,20,23)(H,21,27,28)/b22-14+. The maximum Gasteiger partial charge on any atom is 0.329 e. The highest BCUT2D eigenvalue weighted by Crippen LogP contribution is 2.17. The summed E-state index contributed by atoms with van der Waals surface area (Å²) in [4.78, 5) is 30.9. The highest BCUT2D eigenvalue weighted by atomic mass is 16.3. The number of aliphatic hydroxyl groups is 1. The average molecular weight is 384 g/mol. The second kappa shape index (κ2) is 8.22. The molecule has 0 aliphatic carbocycles. The number of hydrogen-bond donors (Lipinski definition) is 3. The zero-order chi connectivity index (χ0) is 20.3. The number of imidazole rings is 1. The first-order valence-corrected chi connectivity index (χ1v) is 9.18. The van der Waals surface area contributed by atoms with E-state index in [0.29, 0.717) is 0 Å². The van der Waals surface area contributed by atoms with E-state index in [9.17, 15) is 14.7 Å². The van der Waals surface area contributed by atoms with Gasteiger partial charge in [0.05, 0.1) is 18.4 Å². The van der Waals surface area contributed by atoms with Gasteiger partial charge in [-0.25, -0.2) is 10.2 Å². The van der Waals surface area contributed by atoms with Gasteiger partial charge in [-0.15, -0.1) is 0 Å². The highest BCUT2D eigenvalue weighted by molar-refractivity contribution is 6.00. The van der Waals surface area contributed by atoms with Crippen molar-refractivity contribution in [2.45, 2.75) is 39.3 Å². The number of anilines is 1. The van der Waals surface area contributed by atoms with E-state index in [1.165, 1.54) is 16.2 Å². The van der Waals surface area contributed by atoms with E-state index >= 15 is 0 Å². The summed E-state index contributed by atoms with van der Waals surface area (Å²) >= 11 is 0. The van der Waals surface area contributed by atoms with Crippen LogP contribution in [-0.2, 0) is 13.6 Å². The summed E-state index contributed by atoms with van der Waals surface area (Å²) in [5.74, 6) is 0.284. The van der Waals surface area contributed by atoms with E-state index in [1.807, 2.05) is 30.3 Å². The van der Waals surface area contributed by atoms with Crippen LogP contribution in [0.25, 0.3) is 11.2 Å². The van der Waals surface area contributed by atoms with Crippen molar-refractivity contribution in [2.75, 3.05) is 5.43 Å². The van der Waals surface area contributed by atoms with Crippen LogP contribution in [0.4, 0.5) is 5.95 Å². The van der Waals surface area contributed by atoms with Crippen LogP contribution in [0.1, 0.15) is 32.3 Å². The molecular weight excluding hydrogens is 360 g/mol. The zero-order valence-electron chi connectivity index (χ0n) is 16.1. The van der Waals surface area contributed by atoms with E-state index in [-0.39, 0.29) is 23.7 Å². The number of nitrogens with one attached hydrogen (secondary N) is 2. The SMILES string of the molecule is CCC/C(=N\Nc1nc2c(c(=O)[nH]c(=O)n2C)n1CC(C)O)c1ccccc1. The number of hydrogen-bond acceptors (Lipinski definition) is 6. The zero-order valence-corrected chi connectivity index (χ0v) is 16.1. The molecule has 0 spiro atoms. The lowest BCUT2D eigenvalue weighted by Crippen LogP contribution is -2.29. The third-order valence-electron chi connectivity index (χ3n) is 4.34. The van der Waals surface area contributed by atoms with Gasteiger partial charge in [-0.05, 0) is 18.9 Å². The number of rotatable bonds is 7. The number of hydrazone groups is 1. The predicted molar refractivity (Wildman–Crippen MR) is 109 cm³/mol. The van der Waals surface area contributed by atoms with Crippen molar-refractivity contribution in [1.29, 1.82) is 0 Å². The highest BCUT2D eigenvalue weighted by Gasteiger charge is 2.18. The second-order valence-corrected chi connectivity index (χ2v) is 6.67. The van der Waals surface area contributed by atoms with E-state index in [4.69, 9.17) is 0 Å². The van der Waals surface area contributed by atoms with Crippen LogP contribution < -0.4 is 16.7 Å². The Kier molecular flexibility index (Phi) is 5.74. The molecular formula is C19H24N6O3. The molecule has 1 aromatic carbocycles. The van der Waals surface area contributed by atoms with Gasteiger partial charge in [-0.1, -0.05) is 43.7 Å². The van der Waals surface area contributed by atoms with Crippen LogP contribution in [0.3, 0.4) is 0 Å². The topological polar surface area (TPSA) is 117 Å². The Bertz CT molecular complexity index is 1110. The first-order chi connectivity index (χ1) is 13.4. The van der Waals surface area contributed by atoms with Gasteiger partial charge in [0.2, 0.25) is 5.95 Å². The van der Waals surface area contributed by atoms with Crippen molar-refractivity contribution in [3.05, 3.63) is 56.7 Å². The second-order valence-electron chi connectivity index (χ2n) is 6.67. The third kappa shape index (κ3) is 3.89. The van der Waals surface area contributed by atoms with Crippen LogP contribution >= 0.6 is 0 Å². The molecule has 0 radical (unpaired) electrons. The Morgan fingerprint density at radius 1 is 1.32 bits per heavy atom. The van der Waals surface area contributed by atoms with E-state index < -0.39 is 17.4 Å². The average Bonchev–Trinajstić information content (AvgIpc) is 3.02. The fourth-order valence-corrected chi connectivity index (χ4v) is 3.01. The maximum absolute atomic E-state index is 12.4. The van der Waals surface area contributed by atoms with Crippen LogP contribution in [0.2, 0.25) is 0 Å². The van der Waals surface area contributed by atoms with Gasteiger partial charge in [0, 0.05) is 7.05 Å². The smallest absolute Gasteiger partial charge is 0.329 e. The Labute approximate surface area is 161 Å². The number of aryl methyl sites for hydroxylation is 1. The minimum atomic E-state index is -0.720. The van der Waals surface area contributed by atoms with Crippen molar-refractivity contribution in [3.63, 3.8) is 0 Å². The van der Waals surface area contributed by atoms with Gasteiger partial charge in [-0.3, -0.25) is 14.3 Å². The summed E-state index contributed by atoms with van der Waals surface area (Å²) < 4.78 is 2.80. The van der Waals surface area contributed by atoms with Gasteiger partial charge < -0.3 is 9.67 Å². The lowest BCUT2D eigenvalue weighted by atomic mass is 10.1. The molecule has 3 rings (SSSR count). The van der Waals surface area contributed by atoms with Gasteiger partial charge in [0.1, 0.15) is 0 Å². The van der Waals surface area contributed by atoms with Crippen LogP contribution in [0.15, 0.2) is 45.0 Å². The molecule has 1 atom stereocenters. The molecule has 0 saturated carbocycles. The Morgan fingerprint density at radius 2 is 2.04 bits per heavy atom. The number of H-pyrrole nitrogens is 1. The molecule has 0 fully saturated rings. The number of benzene rings is 1. The summed E-state index contributed by atoms with van der Waals surface area (Å²) in [6, 6.07) is 9.78. The number of fused-ring (bicyclic) bond motifs is 1. The van der Waals surface area contributed by atoms with Crippen LogP contribution in [-0.4, -0.2) is 36.0 Å². The Hall–Kier alpha value is -3.20. The lowest BCUT2D eigenvalue weighted by molar-refractivity contribution is 0.175. The summed E-state index contributed by atoms with van der Waals surface area (Å²) in [6.45, 7) is 3.81. The first-order valence-electron chi connectivity index (χ1n) is 9.18. The molecule has 148 valence electrons. The molecule has 0 saturated heterocycles. The van der Waals surface area contributed by atoms with Crippen LogP contribution in [0, 0.1) is 0 Å². The monoisotopic (exact) mass is 384 g/mol. The Morgan fingerprint density at radius 3 is 2.68 bits per heavy atom. The largest absolute Gasteiger partial charge is 0.392 e. The fraction of sp³-hybridized carbons (Fsp3) is 0.368. The van der Waals surface area contributed by atoms with Gasteiger partial charge in [0.25, 0.3) is 5.56 Å². The normalized spacial score (nSPS) is 13.1. The van der Waals surface area contributed by atoms with Crippen molar-refractivity contribution in [2.24, 2.45) is 12.1 Å². The molecule has 3 aromatic rings. The first kappa shape index (κ1) is 19.6. The molecule has 3 N–H and O–H groups in total. The molecule has 0 bridgehead atoms. The summed E-state index contributed by atoms with van der Waals surface area (Å²) in [6.07, 6.45) is 0.947. The van der Waals surface area contributed by atoms with Crippen molar-refractivity contribution in [3.8, 4) is 0 Å². The van der Waals surface area contributed by atoms with Crippen molar-refractivity contribution < 1.29 is 5.11 Å². The number of aromatic amines is 1.